The van der Waals surface area contributed by atoms with Gasteiger partial charge in [0, 0.05) is 39.9 Å². The number of hydrogen-bond donors (Lipinski definition) is 0. The van der Waals surface area contributed by atoms with Gasteiger partial charge in [-0.2, -0.15) is 0 Å². The molecule has 0 saturated heterocycles. The molecule has 0 amide bonds. The van der Waals surface area contributed by atoms with Crippen LogP contribution in [0.4, 0.5) is 0 Å². The molecule has 0 fully saturated rings. The van der Waals surface area contributed by atoms with Crippen LogP contribution in [0.2, 0.25) is 0 Å². The van der Waals surface area contributed by atoms with Crippen molar-refractivity contribution >= 4 is 23.5 Å². The molecule has 3 aliphatic rings. The summed E-state index contributed by atoms with van der Waals surface area (Å²) in [6.07, 6.45) is 11.1. The van der Waals surface area contributed by atoms with E-state index in [2.05, 4.69) is 0 Å². The van der Waals surface area contributed by atoms with Crippen LogP contribution in [-0.2, 0) is 47.6 Å². The van der Waals surface area contributed by atoms with E-state index in [0.717, 1.165) is 0 Å². The summed E-state index contributed by atoms with van der Waals surface area (Å²) in [6, 6.07) is 0. The molecule has 3 rings (SSSR count). The molecule has 0 aromatic rings. The van der Waals surface area contributed by atoms with Crippen LogP contribution < -0.4 is 0 Å². The van der Waals surface area contributed by atoms with Gasteiger partial charge in [0.15, 0.2) is 11.6 Å². The Morgan fingerprint density at radius 2 is 1.05 bits per heavy atom. The van der Waals surface area contributed by atoms with Gasteiger partial charge >= 0.3 is 11.9 Å². The first-order valence-corrected chi connectivity index (χ1v) is 12.8. The van der Waals surface area contributed by atoms with Gasteiger partial charge in [-0.15, -0.1) is 0 Å². The maximum Gasteiger partial charge on any atom is 0.345 e. The maximum absolute atomic E-state index is 13.0. The zero-order chi connectivity index (χ0) is 27.8. The zero-order valence-electron chi connectivity index (χ0n) is 22.5. The molecule has 0 N–H and O–H groups in total. The van der Waals surface area contributed by atoms with Crippen molar-refractivity contribution in [1.29, 1.82) is 0 Å². The third kappa shape index (κ3) is 6.60. The normalized spacial score (nSPS) is 30.9. The molecular formula is C28H36O10. The number of ether oxygens (including phenoxy) is 6. The van der Waals surface area contributed by atoms with Gasteiger partial charge < -0.3 is 28.4 Å². The summed E-state index contributed by atoms with van der Waals surface area (Å²) in [6.45, 7) is 0. The second kappa shape index (κ2) is 13.0. The van der Waals surface area contributed by atoms with Gasteiger partial charge in [-0.25, -0.2) is 9.59 Å². The molecule has 208 valence electrons. The van der Waals surface area contributed by atoms with Crippen LogP contribution >= 0.6 is 0 Å². The summed E-state index contributed by atoms with van der Waals surface area (Å²) in [4.78, 5) is 51.0. The second-order valence-electron chi connectivity index (χ2n) is 9.33. The van der Waals surface area contributed by atoms with Crippen molar-refractivity contribution in [1.82, 2.24) is 0 Å². The Bertz CT molecular complexity index is 982. The highest BCUT2D eigenvalue weighted by Gasteiger charge is 2.39. The van der Waals surface area contributed by atoms with Crippen molar-refractivity contribution in [3.8, 4) is 0 Å². The van der Waals surface area contributed by atoms with Crippen molar-refractivity contribution < 1.29 is 47.6 Å². The molecule has 0 radical (unpaired) electrons. The third-order valence-electron chi connectivity index (χ3n) is 6.92. The molecule has 0 aromatic carbocycles. The molecule has 2 unspecified atom stereocenters. The number of Topliss-reactive ketones (excluding diaryl/α,β-unsaturated/α-hetero) is 2. The number of carbonyl (C=O) groups excluding carboxylic acids is 4. The Kier molecular flexibility index (Phi) is 10.0. The molecule has 0 aliphatic carbocycles. The van der Waals surface area contributed by atoms with E-state index in [9.17, 15) is 19.2 Å². The lowest BCUT2D eigenvalue weighted by Crippen LogP contribution is -2.30. The fourth-order valence-electron chi connectivity index (χ4n) is 4.70. The fourth-order valence-corrected chi connectivity index (χ4v) is 4.70. The van der Waals surface area contributed by atoms with Gasteiger partial charge in [-0.05, 0) is 50.0 Å². The number of methoxy groups -OCH3 is 4. The van der Waals surface area contributed by atoms with E-state index in [1.165, 1.54) is 28.4 Å². The number of fused-ring (bicyclic) bond motifs is 4. The van der Waals surface area contributed by atoms with Crippen molar-refractivity contribution in [3.63, 3.8) is 0 Å². The molecule has 4 bridgehead atoms. The van der Waals surface area contributed by atoms with E-state index >= 15 is 0 Å². The average Bonchev–Trinajstić information content (AvgIpc) is 3.53. The monoisotopic (exact) mass is 532 g/mol. The Labute approximate surface area is 222 Å². The molecule has 3 heterocycles. The highest BCUT2D eigenvalue weighted by atomic mass is 16.7. The first kappa shape index (κ1) is 29.3. The minimum atomic E-state index is -1.13. The van der Waals surface area contributed by atoms with Crippen molar-refractivity contribution in [2.24, 2.45) is 0 Å². The van der Waals surface area contributed by atoms with Crippen LogP contribution in [0, 0.1) is 0 Å². The smallest absolute Gasteiger partial charge is 0.345 e. The van der Waals surface area contributed by atoms with Gasteiger partial charge in [0.1, 0.15) is 22.7 Å². The minimum Gasteiger partial charge on any atom is -0.465 e. The van der Waals surface area contributed by atoms with Crippen LogP contribution in [-0.4, -0.2) is 63.5 Å². The summed E-state index contributed by atoms with van der Waals surface area (Å²) >= 11 is 0. The summed E-state index contributed by atoms with van der Waals surface area (Å²) < 4.78 is 32.9. The van der Waals surface area contributed by atoms with Crippen LogP contribution in [0.5, 0.6) is 0 Å². The van der Waals surface area contributed by atoms with E-state index in [4.69, 9.17) is 28.4 Å². The van der Waals surface area contributed by atoms with E-state index in [0.29, 0.717) is 51.4 Å². The highest BCUT2D eigenvalue weighted by Crippen LogP contribution is 2.36. The van der Waals surface area contributed by atoms with E-state index in [1.54, 1.807) is 24.3 Å². The number of allylic oxidation sites excluding steroid dienone is 2. The van der Waals surface area contributed by atoms with Crippen molar-refractivity contribution in [2.45, 2.75) is 75.8 Å². The SMILES string of the molecule is COC(=O)/C1=C2\C=CC(OC)(CCCCCC(=O)/C(C(=O)OC)=C3/C=CC(OC)(CCCCCC1=O)O3)O2. The Morgan fingerprint density at radius 3 is 1.39 bits per heavy atom. The van der Waals surface area contributed by atoms with Gasteiger partial charge in [-0.3, -0.25) is 9.59 Å². The van der Waals surface area contributed by atoms with Gasteiger partial charge in [0.2, 0.25) is 11.6 Å². The van der Waals surface area contributed by atoms with Crippen LogP contribution in [0.25, 0.3) is 0 Å². The summed E-state index contributed by atoms with van der Waals surface area (Å²) in [5, 5.41) is 0. The Hall–Kier alpha value is -3.24. The maximum atomic E-state index is 13.0. The summed E-state index contributed by atoms with van der Waals surface area (Å²) in [7, 11) is 5.41. The van der Waals surface area contributed by atoms with Crippen LogP contribution in [0.15, 0.2) is 47.0 Å². The standard InChI is InChI=1S/C28H36O10/c1-33-25(31)23-19(29)11-7-5-9-16-28(36-4)18-14-22(38-28)24(26(32)34-2)20(30)12-8-6-10-15-27(35-3)17-13-21(23)37-27/h13-14,17-18H,5-12,15-16H2,1-4H3/b23-21+,24-22+. The first-order valence-electron chi connectivity index (χ1n) is 12.8. The molecule has 0 aromatic heterocycles. The number of ketones is 2. The quantitative estimate of drug-likeness (QED) is 0.391. The number of rotatable bonds is 4. The predicted molar refractivity (Wildman–Crippen MR) is 134 cm³/mol. The topological polar surface area (TPSA) is 124 Å². The summed E-state index contributed by atoms with van der Waals surface area (Å²) in [5.74, 6) is -4.29. The van der Waals surface area contributed by atoms with E-state index < -0.39 is 23.5 Å². The van der Waals surface area contributed by atoms with Gasteiger partial charge in [0.05, 0.1) is 14.2 Å². The second-order valence-corrected chi connectivity index (χ2v) is 9.33. The molecule has 10 nitrogen and oxygen atoms in total. The molecule has 38 heavy (non-hydrogen) atoms. The van der Waals surface area contributed by atoms with Gasteiger partial charge in [0.25, 0.3) is 0 Å². The van der Waals surface area contributed by atoms with Crippen molar-refractivity contribution in [3.05, 3.63) is 47.0 Å². The van der Waals surface area contributed by atoms with E-state index in [1.807, 2.05) is 0 Å². The number of carbonyl (C=O) groups is 4. The van der Waals surface area contributed by atoms with Crippen LogP contribution in [0.3, 0.4) is 0 Å². The van der Waals surface area contributed by atoms with E-state index in [-0.39, 0.29) is 47.1 Å². The molecular weight excluding hydrogens is 496 g/mol. The Balaban J connectivity index is 1.86. The lowest BCUT2D eigenvalue weighted by atomic mass is 10.0. The molecule has 0 spiro atoms. The number of hydrogen-bond acceptors (Lipinski definition) is 10. The molecule has 3 aliphatic heterocycles. The summed E-state index contributed by atoms with van der Waals surface area (Å²) in [5.41, 5.74) is -0.272. The number of esters is 2. The zero-order valence-corrected chi connectivity index (χ0v) is 22.5. The average molecular weight is 533 g/mol. The third-order valence-corrected chi connectivity index (χ3v) is 6.92. The molecule has 10 heteroatoms. The highest BCUT2D eigenvalue weighted by molar-refractivity contribution is 6.18. The van der Waals surface area contributed by atoms with Crippen molar-refractivity contribution in [2.75, 3.05) is 28.4 Å². The lowest BCUT2D eigenvalue weighted by molar-refractivity contribution is -0.158. The molecule has 0 saturated carbocycles. The fraction of sp³-hybridized carbons (Fsp3) is 0.571. The largest absolute Gasteiger partial charge is 0.465 e. The van der Waals surface area contributed by atoms with Gasteiger partial charge in [-0.1, -0.05) is 12.8 Å². The predicted octanol–water partition coefficient (Wildman–Crippen LogP) is 3.75. The lowest BCUT2D eigenvalue weighted by Gasteiger charge is -2.27. The molecule has 2 atom stereocenters. The Morgan fingerprint density at radius 1 is 0.658 bits per heavy atom. The minimum absolute atomic E-state index is 0.119. The van der Waals surface area contributed by atoms with Crippen LogP contribution in [0.1, 0.15) is 64.2 Å². The first-order chi connectivity index (χ1) is 18.2.